The molecule has 0 saturated heterocycles. The molecular formula is C15H12Cl2F2O. The van der Waals surface area contributed by atoms with Gasteiger partial charge in [0.25, 0.3) is 0 Å². The third kappa shape index (κ3) is 3.22. The van der Waals surface area contributed by atoms with Crippen molar-refractivity contribution in [2.24, 2.45) is 0 Å². The van der Waals surface area contributed by atoms with Crippen LogP contribution >= 0.6 is 23.2 Å². The van der Waals surface area contributed by atoms with E-state index in [2.05, 4.69) is 0 Å². The molecule has 2 aromatic carbocycles. The molecule has 20 heavy (non-hydrogen) atoms. The lowest BCUT2D eigenvalue weighted by molar-refractivity contribution is 0.408. The van der Waals surface area contributed by atoms with Crippen molar-refractivity contribution in [1.29, 1.82) is 0 Å². The highest BCUT2D eigenvalue weighted by Gasteiger charge is 2.19. The van der Waals surface area contributed by atoms with Crippen LogP contribution in [0.4, 0.5) is 8.78 Å². The molecular weight excluding hydrogens is 305 g/mol. The van der Waals surface area contributed by atoms with Gasteiger partial charge in [0.1, 0.15) is 17.4 Å². The summed E-state index contributed by atoms with van der Waals surface area (Å²) in [6, 6.07) is 8.70. The van der Waals surface area contributed by atoms with Crippen LogP contribution in [0.25, 0.3) is 0 Å². The van der Waals surface area contributed by atoms with Crippen LogP contribution in [-0.2, 0) is 6.42 Å². The van der Waals surface area contributed by atoms with E-state index in [-0.39, 0.29) is 12.0 Å². The first kappa shape index (κ1) is 15.1. The van der Waals surface area contributed by atoms with E-state index in [9.17, 15) is 8.78 Å². The van der Waals surface area contributed by atoms with Crippen LogP contribution < -0.4 is 4.74 Å². The fourth-order valence-electron chi connectivity index (χ4n) is 1.97. The summed E-state index contributed by atoms with van der Waals surface area (Å²) in [5, 5.41) is -0.157. The predicted molar refractivity (Wildman–Crippen MR) is 76.7 cm³/mol. The quantitative estimate of drug-likeness (QED) is 0.709. The molecule has 2 rings (SSSR count). The molecule has 0 aliphatic heterocycles. The van der Waals surface area contributed by atoms with Gasteiger partial charge in [-0.2, -0.15) is 0 Å². The number of benzene rings is 2. The molecule has 0 spiro atoms. The molecule has 106 valence electrons. The normalized spacial score (nSPS) is 12.2. The summed E-state index contributed by atoms with van der Waals surface area (Å²) in [5.41, 5.74) is 0.554. The largest absolute Gasteiger partial charge is 0.496 e. The Morgan fingerprint density at radius 2 is 1.80 bits per heavy atom. The smallest absolute Gasteiger partial charge is 0.129 e. The maximum atomic E-state index is 13.6. The van der Waals surface area contributed by atoms with Gasteiger partial charge in [-0.3, -0.25) is 0 Å². The number of hydrogen-bond donors (Lipinski definition) is 0. The topological polar surface area (TPSA) is 9.23 Å². The van der Waals surface area contributed by atoms with Gasteiger partial charge in [0.15, 0.2) is 0 Å². The summed E-state index contributed by atoms with van der Waals surface area (Å²) < 4.78 is 32.5. The highest BCUT2D eigenvalue weighted by atomic mass is 35.5. The van der Waals surface area contributed by atoms with E-state index in [1.54, 1.807) is 18.2 Å². The van der Waals surface area contributed by atoms with Crippen molar-refractivity contribution < 1.29 is 13.5 Å². The molecule has 0 fully saturated rings. The summed E-state index contributed by atoms with van der Waals surface area (Å²) in [7, 11) is 1.50. The van der Waals surface area contributed by atoms with E-state index < -0.39 is 17.0 Å². The Labute approximate surface area is 126 Å². The SMILES string of the molecule is COc1ccc(Cl)cc1C(Cl)Cc1c(F)cccc1F. The van der Waals surface area contributed by atoms with Gasteiger partial charge >= 0.3 is 0 Å². The van der Waals surface area contributed by atoms with E-state index in [1.807, 2.05) is 0 Å². The minimum absolute atomic E-state index is 0.0107. The molecule has 0 aromatic heterocycles. The predicted octanol–water partition coefficient (Wildman–Crippen LogP) is 5.15. The average molecular weight is 317 g/mol. The van der Waals surface area contributed by atoms with Gasteiger partial charge in [-0.05, 0) is 36.8 Å². The first-order valence-electron chi connectivity index (χ1n) is 5.93. The third-order valence-corrected chi connectivity index (χ3v) is 3.60. The molecule has 0 aliphatic rings. The highest BCUT2D eigenvalue weighted by molar-refractivity contribution is 6.31. The number of rotatable bonds is 4. The van der Waals surface area contributed by atoms with Gasteiger partial charge in [0.2, 0.25) is 0 Å². The van der Waals surface area contributed by atoms with Crippen molar-refractivity contribution in [1.82, 2.24) is 0 Å². The van der Waals surface area contributed by atoms with Gasteiger partial charge in [-0.1, -0.05) is 17.7 Å². The van der Waals surface area contributed by atoms with Gasteiger partial charge in [0, 0.05) is 16.1 Å². The van der Waals surface area contributed by atoms with Gasteiger partial charge in [-0.25, -0.2) is 8.78 Å². The standard InChI is InChI=1S/C15H12Cl2F2O/c1-20-15-6-5-9(16)7-10(15)12(17)8-11-13(18)3-2-4-14(11)19/h2-7,12H,8H2,1H3. The lowest BCUT2D eigenvalue weighted by Crippen LogP contribution is -2.03. The molecule has 0 amide bonds. The summed E-state index contributed by atoms with van der Waals surface area (Å²) in [6.45, 7) is 0. The first-order chi connectivity index (χ1) is 9.52. The van der Waals surface area contributed by atoms with Crippen LogP contribution in [0, 0.1) is 11.6 Å². The number of alkyl halides is 1. The molecule has 0 heterocycles. The van der Waals surface area contributed by atoms with Crippen LogP contribution in [0.1, 0.15) is 16.5 Å². The maximum Gasteiger partial charge on any atom is 0.129 e. The van der Waals surface area contributed by atoms with Gasteiger partial charge in [0.05, 0.1) is 12.5 Å². The zero-order valence-electron chi connectivity index (χ0n) is 10.7. The number of methoxy groups -OCH3 is 1. The second-order valence-electron chi connectivity index (χ2n) is 4.26. The lowest BCUT2D eigenvalue weighted by atomic mass is 10.0. The van der Waals surface area contributed by atoms with Crippen molar-refractivity contribution in [3.8, 4) is 5.75 Å². The zero-order chi connectivity index (χ0) is 14.7. The van der Waals surface area contributed by atoms with Crippen LogP contribution in [-0.4, -0.2) is 7.11 Å². The van der Waals surface area contributed by atoms with Gasteiger partial charge in [-0.15, -0.1) is 11.6 Å². The number of halogens is 4. The van der Waals surface area contributed by atoms with Crippen molar-refractivity contribution in [2.75, 3.05) is 7.11 Å². The van der Waals surface area contributed by atoms with E-state index in [1.165, 1.54) is 25.3 Å². The molecule has 1 unspecified atom stereocenters. The molecule has 0 saturated carbocycles. The number of hydrogen-bond acceptors (Lipinski definition) is 1. The second kappa shape index (κ2) is 6.42. The minimum atomic E-state index is -0.643. The van der Waals surface area contributed by atoms with E-state index in [0.717, 1.165) is 0 Å². The highest BCUT2D eigenvalue weighted by Crippen LogP contribution is 2.35. The zero-order valence-corrected chi connectivity index (χ0v) is 12.2. The van der Waals surface area contributed by atoms with Crippen molar-refractivity contribution in [3.63, 3.8) is 0 Å². The Kier molecular flexibility index (Phi) is 4.84. The molecule has 5 heteroatoms. The van der Waals surface area contributed by atoms with Crippen molar-refractivity contribution >= 4 is 23.2 Å². The Morgan fingerprint density at radius 1 is 1.15 bits per heavy atom. The molecule has 1 atom stereocenters. The summed E-state index contributed by atoms with van der Waals surface area (Å²) >= 11 is 12.2. The van der Waals surface area contributed by atoms with Crippen molar-refractivity contribution in [2.45, 2.75) is 11.8 Å². The Morgan fingerprint density at radius 3 is 2.40 bits per heavy atom. The Hall–Kier alpha value is -1.32. The minimum Gasteiger partial charge on any atom is -0.496 e. The average Bonchev–Trinajstić information content (AvgIpc) is 2.43. The monoisotopic (exact) mass is 316 g/mol. The second-order valence-corrected chi connectivity index (χ2v) is 5.22. The van der Waals surface area contributed by atoms with Crippen LogP contribution in [0.5, 0.6) is 5.75 Å². The summed E-state index contributed by atoms with van der Waals surface area (Å²) in [5.74, 6) is -0.695. The summed E-state index contributed by atoms with van der Waals surface area (Å²) in [6.07, 6.45) is 0.0107. The van der Waals surface area contributed by atoms with E-state index in [0.29, 0.717) is 16.3 Å². The molecule has 1 nitrogen and oxygen atoms in total. The van der Waals surface area contributed by atoms with E-state index >= 15 is 0 Å². The molecule has 2 aromatic rings. The fourth-order valence-corrected chi connectivity index (χ4v) is 2.47. The molecule has 0 N–H and O–H groups in total. The number of ether oxygens (including phenoxy) is 1. The lowest BCUT2D eigenvalue weighted by Gasteiger charge is -2.15. The maximum absolute atomic E-state index is 13.6. The Bertz CT molecular complexity index is 597. The third-order valence-electron chi connectivity index (χ3n) is 2.97. The Balaban J connectivity index is 2.33. The summed E-state index contributed by atoms with van der Waals surface area (Å²) in [4.78, 5) is 0. The van der Waals surface area contributed by atoms with Crippen LogP contribution in [0.2, 0.25) is 5.02 Å². The van der Waals surface area contributed by atoms with E-state index in [4.69, 9.17) is 27.9 Å². The first-order valence-corrected chi connectivity index (χ1v) is 6.74. The fraction of sp³-hybridized carbons (Fsp3) is 0.200. The van der Waals surface area contributed by atoms with Crippen molar-refractivity contribution in [3.05, 3.63) is 64.2 Å². The van der Waals surface area contributed by atoms with Gasteiger partial charge < -0.3 is 4.74 Å². The van der Waals surface area contributed by atoms with Crippen LogP contribution in [0.3, 0.4) is 0 Å². The van der Waals surface area contributed by atoms with Crippen LogP contribution in [0.15, 0.2) is 36.4 Å². The molecule has 0 bridgehead atoms. The molecule has 0 aliphatic carbocycles. The molecule has 0 radical (unpaired) electrons.